The number of pyridine rings is 2. The number of anilines is 1. The van der Waals surface area contributed by atoms with E-state index in [9.17, 15) is 19.2 Å². The quantitative estimate of drug-likeness (QED) is 0.180. The lowest BCUT2D eigenvalue weighted by molar-refractivity contribution is 0.0924. The van der Waals surface area contributed by atoms with Gasteiger partial charge in [-0.05, 0) is 84.4 Å². The first-order valence-corrected chi connectivity index (χ1v) is 17.2. The second-order valence-electron chi connectivity index (χ2n) is 14.7. The molecule has 50 heavy (non-hydrogen) atoms. The molecule has 2 aliphatic carbocycles. The van der Waals surface area contributed by atoms with Crippen LogP contribution in [0.1, 0.15) is 105 Å². The lowest BCUT2D eigenvalue weighted by atomic mass is 9.90. The molecule has 2 aliphatic heterocycles. The third-order valence-corrected chi connectivity index (χ3v) is 10.3. The minimum atomic E-state index is -0.0605. The summed E-state index contributed by atoms with van der Waals surface area (Å²) in [6.45, 7) is 14.0. The maximum Gasteiger partial charge on any atom is 0.276 e. The van der Waals surface area contributed by atoms with Crippen molar-refractivity contribution in [2.75, 3.05) is 18.0 Å². The minimum Gasteiger partial charge on any atom is -0.349 e. The van der Waals surface area contributed by atoms with Gasteiger partial charge in [-0.3, -0.25) is 24.1 Å². The minimum absolute atomic E-state index is 0. The monoisotopic (exact) mass is 718 g/mol. The number of aromatic nitrogens is 4. The largest absolute Gasteiger partial charge is 0.349 e. The van der Waals surface area contributed by atoms with Gasteiger partial charge in [0.2, 0.25) is 0 Å². The summed E-state index contributed by atoms with van der Waals surface area (Å²) >= 11 is 11.1. The number of rotatable bonds is 3. The summed E-state index contributed by atoms with van der Waals surface area (Å²) < 4.78 is 4.38. The number of halogens is 2. The standard InChI is InChI=1S/C19H21N3O2.C12H16N2O.C6H3Cl2NO.CH4/c1-12-4-5-20-17(14(12)11-23)22-7-6-21-15(18(22)24)8-13-9-19(2,3)10-16(13)21;1-12(2)6-8-5-9-11(15)13-3-4-14(9)10(8)7-12;7-5-1-2-9-6(8)4(5)3-10;/h4-5,8,11H,6-7,9-10H2,1-3H3;5H,3-4,6-7H2,1-2H3,(H,13,15);1-3H;1H4. The Morgan fingerprint density at radius 1 is 0.780 bits per heavy atom. The molecule has 6 heterocycles. The van der Waals surface area contributed by atoms with Gasteiger partial charge in [-0.15, -0.1) is 0 Å². The molecule has 0 spiro atoms. The van der Waals surface area contributed by atoms with Crippen molar-refractivity contribution in [3.63, 3.8) is 0 Å². The predicted molar refractivity (Wildman–Crippen MR) is 196 cm³/mol. The molecule has 0 bridgehead atoms. The van der Waals surface area contributed by atoms with E-state index >= 15 is 0 Å². The van der Waals surface area contributed by atoms with Gasteiger partial charge in [0, 0.05) is 50.0 Å². The van der Waals surface area contributed by atoms with Crippen molar-refractivity contribution < 1.29 is 19.2 Å². The number of carbonyl (C=O) groups is 4. The molecule has 8 rings (SSSR count). The fourth-order valence-corrected chi connectivity index (χ4v) is 7.86. The predicted octanol–water partition coefficient (Wildman–Crippen LogP) is 6.98. The fourth-order valence-electron chi connectivity index (χ4n) is 7.41. The van der Waals surface area contributed by atoms with Crippen LogP contribution < -0.4 is 10.2 Å². The van der Waals surface area contributed by atoms with Gasteiger partial charge >= 0.3 is 0 Å². The molecule has 4 aromatic rings. The SMILES string of the molecule is C.CC1(C)Cc2cc3n(c2C1)CCNC3=O.Cc1ccnc(N2CCn3c(cc4c3CC(C)(C)C4)C2=O)c1C=O.O=Cc1c(Cl)ccnc1Cl. The van der Waals surface area contributed by atoms with Crippen molar-refractivity contribution >= 4 is 53.4 Å². The van der Waals surface area contributed by atoms with Gasteiger partial charge in [-0.1, -0.05) is 58.3 Å². The average molecular weight is 720 g/mol. The van der Waals surface area contributed by atoms with E-state index < -0.39 is 0 Å². The topological polar surface area (TPSA) is 119 Å². The van der Waals surface area contributed by atoms with E-state index in [4.69, 9.17) is 23.2 Å². The maximum atomic E-state index is 13.0. The van der Waals surface area contributed by atoms with Crippen LogP contribution in [0.25, 0.3) is 0 Å². The van der Waals surface area contributed by atoms with E-state index in [1.54, 1.807) is 17.2 Å². The van der Waals surface area contributed by atoms with Crippen molar-refractivity contribution in [1.82, 2.24) is 24.4 Å². The van der Waals surface area contributed by atoms with E-state index in [1.165, 1.54) is 34.8 Å². The second kappa shape index (κ2) is 14.2. The average Bonchev–Trinajstić information content (AvgIpc) is 3.74. The summed E-state index contributed by atoms with van der Waals surface area (Å²) in [7, 11) is 0. The molecule has 4 aliphatic rings. The molecular formula is C38H44Cl2N6O4. The van der Waals surface area contributed by atoms with Gasteiger partial charge in [0.15, 0.2) is 12.6 Å². The zero-order valence-corrected chi connectivity index (χ0v) is 29.9. The number of fused-ring (bicyclic) bond motifs is 6. The summed E-state index contributed by atoms with van der Waals surface area (Å²) in [5, 5.41) is 3.36. The van der Waals surface area contributed by atoms with E-state index in [0.717, 1.165) is 68.6 Å². The molecule has 0 aromatic carbocycles. The first-order chi connectivity index (χ1) is 23.2. The molecular weight excluding hydrogens is 675 g/mol. The van der Waals surface area contributed by atoms with Crippen LogP contribution in [0.5, 0.6) is 0 Å². The molecule has 0 radical (unpaired) electrons. The number of amides is 2. The van der Waals surface area contributed by atoms with Gasteiger partial charge < -0.3 is 14.5 Å². The summed E-state index contributed by atoms with van der Waals surface area (Å²) in [6.07, 6.45) is 8.71. The van der Waals surface area contributed by atoms with Gasteiger partial charge in [0.1, 0.15) is 22.4 Å². The first kappa shape index (κ1) is 37.0. The molecule has 12 heteroatoms. The summed E-state index contributed by atoms with van der Waals surface area (Å²) in [5.74, 6) is 0.506. The summed E-state index contributed by atoms with van der Waals surface area (Å²) in [6, 6.07) is 7.42. The van der Waals surface area contributed by atoms with Gasteiger partial charge in [0.05, 0.1) is 16.1 Å². The van der Waals surface area contributed by atoms with Crippen LogP contribution in [0.15, 0.2) is 36.7 Å². The zero-order chi connectivity index (χ0) is 35.2. The second-order valence-corrected chi connectivity index (χ2v) is 15.4. The number of hydrogen-bond acceptors (Lipinski definition) is 6. The van der Waals surface area contributed by atoms with Gasteiger partial charge in [0.25, 0.3) is 11.8 Å². The van der Waals surface area contributed by atoms with Gasteiger partial charge in [-0.2, -0.15) is 0 Å². The highest BCUT2D eigenvalue weighted by molar-refractivity contribution is 6.37. The van der Waals surface area contributed by atoms with Crippen LogP contribution in [-0.2, 0) is 38.8 Å². The third kappa shape index (κ3) is 7.01. The molecule has 10 nitrogen and oxygen atoms in total. The zero-order valence-electron chi connectivity index (χ0n) is 28.4. The maximum absolute atomic E-state index is 13.0. The van der Waals surface area contributed by atoms with E-state index in [0.29, 0.717) is 34.6 Å². The van der Waals surface area contributed by atoms with Crippen molar-refractivity contribution in [2.45, 2.75) is 80.8 Å². The summed E-state index contributed by atoms with van der Waals surface area (Å²) in [4.78, 5) is 55.9. The Morgan fingerprint density at radius 3 is 1.94 bits per heavy atom. The molecule has 0 fully saturated rings. The molecule has 0 atom stereocenters. The van der Waals surface area contributed by atoms with Crippen LogP contribution in [0.2, 0.25) is 10.2 Å². The van der Waals surface area contributed by atoms with E-state index in [1.807, 2.05) is 13.0 Å². The molecule has 0 saturated carbocycles. The van der Waals surface area contributed by atoms with Crippen LogP contribution in [0.3, 0.4) is 0 Å². The highest BCUT2D eigenvalue weighted by Crippen LogP contribution is 2.40. The third-order valence-electron chi connectivity index (χ3n) is 9.66. The molecule has 2 amide bonds. The lowest BCUT2D eigenvalue weighted by Crippen LogP contribution is -2.41. The van der Waals surface area contributed by atoms with Crippen LogP contribution >= 0.6 is 23.2 Å². The van der Waals surface area contributed by atoms with Crippen molar-refractivity contribution in [3.05, 3.63) is 97.4 Å². The van der Waals surface area contributed by atoms with Crippen LogP contribution in [0, 0.1) is 17.8 Å². The Hall–Kier alpha value is -4.28. The Labute approximate surface area is 303 Å². The fraction of sp³-hybridized carbons (Fsp3) is 0.421. The lowest BCUT2D eigenvalue weighted by Gasteiger charge is -2.30. The van der Waals surface area contributed by atoms with Crippen molar-refractivity contribution in [2.24, 2.45) is 10.8 Å². The normalized spacial score (nSPS) is 17.4. The Morgan fingerprint density at radius 2 is 1.36 bits per heavy atom. The Kier molecular flexibility index (Phi) is 10.5. The molecule has 4 aromatic heterocycles. The van der Waals surface area contributed by atoms with Crippen LogP contribution in [-0.4, -0.2) is 56.6 Å². The Balaban J connectivity index is 0.000000160. The first-order valence-electron chi connectivity index (χ1n) is 16.4. The molecule has 0 saturated heterocycles. The highest BCUT2D eigenvalue weighted by atomic mass is 35.5. The number of nitrogens with one attached hydrogen (secondary N) is 1. The molecule has 1 N–H and O–H groups in total. The number of carbonyl (C=O) groups excluding carboxylic acids is 4. The van der Waals surface area contributed by atoms with Crippen LogP contribution in [0.4, 0.5) is 5.82 Å². The molecule has 0 unspecified atom stereocenters. The number of hydrogen-bond donors (Lipinski definition) is 1. The number of nitrogens with zero attached hydrogens (tertiary/aromatic N) is 5. The number of aldehydes is 2. The van der Waals surface area contributed by atoms with Crippen molar-refractivity contribution in [3.8, 4) is 0 Å². The summed E-state index contributed by atoms with van der Waals surface area (Å²) in [5.41, 5.74) is 9.18. The number of aryl methyl sites for hydroxylation is 1. The van der Waals surface area contributed by atoms with Crippen molar-refractivity contribution in [1.29, 1.82) is 0 Å². The highest BCUT2D eigenvalue weighted by Gasteiger charge is 2.38. The van der Waals surface area contributed by atoms with E-state index in [-0.39, 0.29) is 35.4 Å². The Bertz CT molecular complexity index is 1970. The van der Waals surface area contributed by atoms with Gasteiger partial charge in [-0.25, -0.2) is 9.97 Å². The molecule has 264 valence electrons. The smallest absolute Gasteiger partial charge is 0.276 e. The van der Waals surface area contributed by atoms with E-state index in [2.05, 4.69) is 58.2 Å².